The minimum atomic E-state index is -0.754. The Kier molecular flexibility index (Phi) is 8.81. The van der Waals surface area contributed by atoms with Crippen molar-refractivity contribution < 1.29 is 48.2 Å². The van der Waals surface area contributed by atoms with Crippen LogP contribution in [0, 0.1) is 0 Å². The van der Waals surface area contributed by atoms with Gasteiger partial charge in [0.1, 0.15) is 0 Å². The van der Waals surface area contributed by atoms with Crippen LogP contribution >= 0.6 is 0 Å². The number of carbonyl (C=O) groups is 2. The molecule has 0 aliphatic carbocycles. The van der Waals surface area contributed by atoms with Crippen LogP contribution in [0.4, 0.5) is 0 Å². The number of carbonyl (C=O) groups excluding carboxylic acids is 2. The largest absolute Gasteiger partial charge is 0.492 e. The first-order chi connectivity index (χ1) is 22.5. The molecule has 0 bridgehead atoms. The van der Waals surface area contributed by atoms with Crippen molar-refractivity contribution in [3.05, 3.63) is 95.1 Å². The van der Waals surface area contributed by atoms with Crippen molar-refractivity contribution in [2.24, 2.45) is 0 Å². The highest BCUT2D eigenvalue weighted by atomic mass is 16.7. The van der Waals surface area contributed by atoms with Gasteiger partial charge in [-0.05, 0) is 23.3 Å². The van der Waals surface area contributed by atoms with Crippen LogP contribution in [0.15, 0.2) is 72.8 Å². The Morgan fingerprint density at radius 2 is 1.07 bits per heavy atom. The summed E-state index contributed by atoms with van der Waals surface area (Å²) in [7, 11) is 2.80. The summed E-state index contributed by atoms with van der Waals surface area (Å²) >= 11 is 0. The Labute approximate surface area is 264 Å². The van der Waals surface area contributed by atoms with E-state index in [1.54, 1.807) is 48.5 Å². The van der Waals surface area contributed by atoms with Gasteiger partial charge in [-0.1, -0.05) is 60.7 Å². The first-order valence-corrected chi connectivity index (χ1v) is 14.4. The topological polar surface area (TPSA) is 154 Å². The number of ether oxygens (including phenoxy) is 6. The molecule has 12 nitrogen and oxygen atoms in total. The zero-order chi connectivity index (χ0) is 32.2. The maximum Gasteiger partial charge on any atom is 0.252 e. The monoisotopic (exact) mass is 628 g/mol. The summed E-state index contributed by atoms with van der Waals surface area (Å²) in [5.41, 5.74) is 1.75. The van der Waals surface area contributed by atoms with Crippen LogP contribution in [0.5, 0.6) is 34.5 Å². The number of hydrogen-bond donors (Lipinski definition) is 4. The van der Waals surface area contributed by atoms with Gasteiger partial charge in [0.25, 0.3) is 11.8 Å². The van der Waals surface area contributed by atoms with Crippen molar-refractivity contribution in [1.82, 2.24) is 10.6 Å². The van der Waals surface area contributed by atoms with Crippen LogP contribution in [0.3, 0.4) is 0 Å². The second-order valence-corrected chi connectivity index (χ2v) is 10.4. The second kappa shape index (κ2) is 13.3. The first-order valence-electron chi connectivity index (χ1n) is 14.4. The van der Waals surface area contributed by atoms with E-state index in [0.717, 1.165) is 0 Å². The molecule has 2 atom stereocenters. The van der Waals surface area contributed by atoms with E-state index < -0.39 is 23.9 Å². The van der Waals surface area contributed by atoms with E-state index in [4.69, 9.17) is 28.4 Å². The van der Waals surface area contributed by atoms with Crippen molar-refractivity contribution in [2.45, 2.75) is 12.1 Å². The Morgan fingerprint density at radius 3 is 1.41 bits per heavy atom. The van der Waals surface area contributed by atoms with E-state index in [1.807, 2.05) is 12.1 Å². The third-order valence-electron chi connectivity index (χ3n) is 7.77. The van der Waals surface area contributed by atoms with Gasteiger partial charge in [-0.15, -0.1) is 0 Å². The SMILES string of the molecule is COc1c2c(cc(C(=O)N[C@H](CO)c3ccccc3)c1-c1c(C(=O)N[C@H](CO)c3ccccc3)cc3c(c1OC)OCO3)OCO2. The van der Waals surface area contributed by atoms with E-state index in [9.17, 15) is 19.8 Å². The van der Waals surface area contributed by atoms with E-state index >= 15 is 0 Å². The molecule has 0 aromatic heterocycles. The molecule has 12 heteroatoms. The molecule has 4 N–H and O–H groups in total. The van der Waals surface area contributed by atoms with Crippen LogP contribution in [0.2, 0.25) is 0 Å². The van der Waals surface area contributed by atoms with Gasteiger partial charge >= 0.3 is 0 Å². The Hall–Kier alpha value is -5.46. The van der Waals surface area contributed by atoms with Crippen LogP contribution in [0.1, 0.15) is 43.9 Å². The lowest BCUT2D eigenvalue weighted by atomic mass is 9.90. The summed E-state index contributed by atoms with van der Waals surface area (Å²) < 4.78 is 34.5. The minimum absolute atomic E-state index is 0.0449. The second-order valence-electron chi connectivity index (χ2n) is 10.4. The Morgan fingerprint density at radius 1 is 0.674 bits per heavy atom. The van der Waals surface area contributed by atoms with Gasteiger partial charge in [0.05, 0.1) is 50.6 Å². The number of aliphatic hydroxyl groups is 2. The minimum Gasteiger partial charge on any atom is -0.492 e. The third-order valence-corrected chi connectivity index (χ3v) is 7.77. The predicted molar refractivity (Wildman–Crippen MR) is 165 cm³/mol. The molecule has 2 heterocycles. The maximum absolute atomic E-state index is 14.2. The molecule has 0 spiro atoms. The van der Waals surface area contributed by atoms with E-state index in [0.29, 0.717) is 11.1 Å². The zero-order valence-electron chi connectivity index (χ0n) is 25.1. The number of aliphatic hydroxyl groups excluding tert-OH is 2. The number of nitrogens with one attached hydrogen (secondary N) is 2. The van der Waals surface area contributed by atoms with Crippen molar-refractivity contribution >= 4 is 11.8 Å². The molecule has 0 saturated carbocycles. The Balaban J connectivity index is 1.55. The summed E-state index contributed by atoms with van der Waals surface area (Å²) in [6, 6.07) is 19.5. The van der Waals surface area contributed by atoms with Crippen molar-refractivity contribution in [2.75, 3.05) is 41.0 Å². The molecule has 4 aromatic rings. The highest BCUT2D eigenvalue weighted by Crippen LogP contribution is 2.56. The fraction of sp³-hybridized carbons (Fsp3) is 0.235. The van der Waals surface area contributed by atoms with Crippen LogP contribution < -0.4 is 39.1 Å². The fourth-order valence-corrected chi connectivity index (χ4v) is 5.58. The summed E-state index contributed by atoms with van der Waals surface area (Å²) in [4.78, 5) is 28.3. The average molecular weight is 629 g/mol. The highest BCUT2D eigenvalue weighted by molar-refractivity contribution is 6.11. The van der Waals surface area contributed by atoms with Gasteiger partial charge in [0, 0.05) is 11.1 Å². The number of hydrogen-bond acceptors (Lipinski definition) is 10. The van der Waals surface area contributed by atoms with Gasteiger partial charge in [0.2, 0.25) is 25.1 Å². The smallest absolute Gasteiger partial charge is 0.252 e. The number of fused-ring (bicyclic) bond motifs is 2. The van der Waals surface area contributed by atoms with Crippen molar-refractivity contribution in [3.63, 3.8) is 0 Å². The highest BCUT2D eigenvalue weighted by Gasteiger charge is 2.37. The fourth-order valence-electron chi connectivity index (χ4n) is 5.58. The molecule has 0 saturated heterocycles. The molecular formula is C34H32N2O10. The molecule has 46 heavy (non-hydrogen) atoms. The first kappa shape index (κ1) is 30.6. The lowest BCUT2D eigenvalue weighted by molar-refractivity contribution is 0.0907. The summed E-state index contributed by atoms with van der Waals surface area (Å²) in [5, 5.41) is 26.2. The average Bonchev–Trinajstić information content (AvgIpc) is 3.78. The van der Waals surface area contributed by atoms with E-state index in [-0.39, 0.29) is 83.6 Å². The van der Waals surface area contributed by atoms with Gasteiger partial charge in [-0.2, -0.15) is 0 Å². The molecule has 2 aliphatic rings. The summed E-state index contributed by atoms with van der Waals surface area (Å²) in [6.07, 6.45) is 0. The summed E-state index contributed by atoms with van der Waals surface area (Å²) in [6.45, 7) is -1.01. The summed E-state index contributed by atoms with van der Waals surface area (Å²) in [5.74, 6) is -0.0425. The van der Waals surface area contributed by atoms with E-state index in [2.05, 4.69) is 10.6 Å². The molecule has 0 unspecified atom stereocenters. The quantitative estimate of drug-likeness (QED) is 0.193. The zero-order valence-corrected chi connectivity index (χ0v) is 25.1. The predicted octanol–water partition coefficient (Wildman–Crippen LogP) is 3.76. The van der Waals surface area contributed by atoms with Crippen molar-refractivity contribution in [1.29, 1.82) is 0 Å². The van der Waals surface area contributed by atoms with Gasteiger partial charge in [-0.25, -0.2) is 0 Å². The Bertz CT molecular complexity index is 1620. The molecule has 6 rings (SSSR count). The number of amides is 2. The van der Waals surface area contributed by atoms with Crippen LogP contribution in [-0.2, 0) is 0 Å². The van der Waals surface area contributed by atoms with Crippen molar-refractivity contribution in [3.8, 4) is 45.6 Å². The molecular weight excluding hydrogens is 596 g/mol. The molecule has 2 amide bonds. The standard InChI is InChI=1S/C34H32N2O10/c1-41-31-27(21(13-25-29(31)45-17-43-25)33(39)35-23(15-37)19-9-5-3-6-10-19)28-22(14-26-30(32(28)42-2)46-18-44-26)34(40)36-24(16-38)20-11-7-4-8-12-20/h3-14,23-24,37-38H,15-18H2,1-2H3,(H,35,39)(H,36,40)/t23-,24-/m1/s1. The van der Waals surface area contributed by atoms with Gasteiger partial charge in [-0.3, -0.25) is 9.59 Å². The molecule has 238 valence electrons. The number of benzene rings is 4. The number of methoxy groups -OCH3 is 2. The lowest BCUT2D eigenvalue weighted by Crippen LogP contribution is -2.32. The molecule has 0 radical (unpaired) electrons. The molecule has 4 aromatic carbocycles. The van der Waals surface area contributed by atoms with E-state index in [1.165, 1.54) is 26.4 Å². The lowest BCUT2D eigenvalue weighted by Gasteiger charge is -2.24. The molecule has 0 fully saturated rings. The van der Waals surface area contributed by atoms with Crippen LogP contribution in [0.25, 0.3) is 11.1 Å². The van der Waals surface area contributed by atoms with Gasteiger partial charge < -0.3 is 49.3 Å². The third kappa shape index (κ3) is 5.59. The molecule has 2 aliphatic heterocycles. The maximum atomic E-state index is 14.2. The number of rotatable bonds is 11. The normalized spacial score (nSPS) is 13.9. The van der Waals surface area contributed by atoms with Crippen LogP contribution in [-0.4, -0.2) is 63.0 Å². The van der Waals surface area contributed by atoms with Gasteiger partial charge in [0.15, 0.2) is 23.0 Å².